The van der Waals surface area contributed by atoms with Gasteiger partial charge in [0.15, 0.2) is 0 Å². The lowest BCUT2D eigenvalue weighted by molar-refractivity contribution is -0.146. The third kappa shape index (κ3) is 4.56. The molecule has 1 aliphatic rings. The second kappa shape index (κ2) is 8.66. The fraction of sp³-hybridized carbons (Fsp3) is 0.409. The molecule has 6 nitrogen and oxygen atoms in total. The molecule has 0 N–H and O–H groups in total. The van der Waals surface area contributed by atoms with E-state index < -0.39 is 12.0 Å². The molecular weight excluding hydrogens is 407 g/mol. The quantitative estimate of drug-likeness (QED) is 0.585. The Balaban J connectivity index is 1.66. The van der Waals surface area contributed by atoms with Crippen molar-refractivity contribution in [3.8, 4) is 11.4 Å². The van der Waals surface area contributed by atoms with E-state index >= 15 is 0 Å². The summed E-state index contributed by atoms with van der Waals surface area (Å²) >= 11 is 0. The number of methoxy groups -OCH3 is 1. The molecule has 1 fully saturated rings. The number of hydrogen-bond acceptors (Lipinski definition) is 5. The number of halogens is 3. The summed E-state index contributed by atoms with van der Waals surface area (Å²) in [6.07, 6.45) is -1.38. The zero-order valence-electron chi connectivity index (χ0n) is 17.4. The van der Waals surface area contributed by atoms with Crippen LogP contribution in [-0.2, 0) is 12.7 Å². The largest absolute Gasteiger partial charge is 0.496 e. The molecule has 1 saturated heterocycles. The van der Waals surface area contributed by atoms with Crippen molar-refractivity contribution in [2.45, 2.75) is 44.9 Å². The van der Waals surface area contributed by atoms with E-state index in [-0.39, 0.29) is 11.7 Å². The second-order valence-corrected chi connectivity index (χ2v) is 7.80. The van der Waals surface area contributed by atoms with Gasteiger partial charge in [0.1, 0.15) is 5.75 Å². The van der Waals surface area contributed by atoms with Gasteiger partial charge in [-0.2, -0.15) is 17.9 Å². The Hall–Kier alpha value is -2.94. The van der Waals surface area contributed by atoms with Crippen LogP contribution in [0, 0.1) is 6.92 Å². The van der Waals surface area contributed by atoms with Gasteiger partial charge in [0.2, 0.25) is 0 Å². The maximum absolute atomic E-state index is 13.3. The predicted molar refractivity (Wildman–Crippen MR) is 109 cm³/mol. The van der Waals surface area contributed by atoms with Crippen LogP contribution in [0.5, 0.6) is 5.75 Å². The Morgan fingerprint density at radius 1 is 1.10 bits per heavy atom. The topological polar surface area (TPSA) is 56.1 Å². The number of nitrogens with zero attached hydrogens (tertiary/aromatic N) is 5. The molecule has 0 bridgehead atoms. The summed E-state index contributed by atoms with van der Waals surface area (Å²) in [5.41, 5.74) is 3.50. The minimum Gasteiger partial charge on any atom is -0.496 e. The molecule has 31 heavy (non-hydrogen) atoms. The van der Waals surface area contributed by atoms with Gasteiger partial charge in [-0.15, -0.1) is 5.10 Å². The summed E-state index contributed by atoms with van der Waals surface area (Å²) < 4.78 is 46.0. The highest BCUT2D eigenvalue weighted by molar-refractivity contribution is 5.44. The van der Waals surface area contributed by atoms with Crippen molar-refractivity contribution in [3.05, 3.63) is 65.0 Å². The van der Waals surface area contributed by atoms with Gasteiger partial charge in [-0.05, 0) is 60.5 Å². The van der Waals surface area contributed by atoms with Gasteiger partial charge in [-0.1, -0.05) is 36.2 Å². The number of alkyl halides is 3. The molecule has 2 aromatic carbocycles. The molecule has 0 saturated carbocycles. The van der Waals surface area contributed by atoms with Gasteiger partial charge in [-0.3, -0.25) is 4.90 Å². The van der Waals surface area contributed by atoms with Gasteiger partial charge in [-0.25, -0.2) is 0 Å². The highest BCUT2D eigenvalue weighted by Gasteiger charge is 2.38. The smallest absolute Gasteiger partial charge is 0.453 e. The maximum atomic E-state index is 13.3. The van der Waals surface area contributed by atoms with Crippen LogP contribution in [0.15, 0.2) is 42.5 Å². The van der Waals surface area contributed by atoms with Crippen molar-refractivity contribution < 1.29 is 17.9 Å². The predicted octanol–water partition coefficient (Wildman–Crippen LogP) is 4.73. The fourth-order valence-electron chi connectivity index (χ4n) is 4.12. The number of rotatable bonds is 5. The standard InChI is InChI=1S/C22H24F3N5O/c1-15-6-8-16(9-7-15)19-5-3-4-12-29(19)14-17-13-18(10-11-20(17)31-2)30-21(22(23,24)25)26-27-28-30/h6-11,13,19H,3-5,12,14H2,1-2H3. The van der Waals surface area contributed by atoms with Crippen molar-refractivity contribution in [1.29, 1.82) is 0 Å². The molecule has 3 aromatic rings. The highest BCUT2D eigenvalue weighted by Crippen LogP contribution is 2.35. The molecule has 1 atom stereocenters. The molecule has 164 valence electrons. The van der Waals surface area contributed by atoms with Crippen molar-refractivity contribution in [2.24, 2.45) is 0 Å². The highest BCUT2D eigenvalue weighted by atomic mass is 19.4. The van der Waals surface area contributed by atoms with Gasteiger partial charge < -0.3 is 4.74 Å². The first-order valence-electron chi connectivity index (χ1n) is 10.2. The van der Waals surface area contributed by atoms with Crippen LogP contribution in [0.25, 0.3) is 5.69 Å². The third-order valence-electron chi connectivity index (χ3n) is 5.68. The molecular formula is C22H24F3N5O. The van der Waals surface area contributed by atoms with Gasteiger partial charge in [0, 0.05) is 18.2 Å². The molecule has 0 spiro atoms. The molecule has 9 heteroatoms. The van der Waals surface area contributed by atoms with Crippen LogP contribution >= 0.6 is 0 Å². The van der Waals surface area contributed by atoms with Crippen LogP contribution < -0.4 is 4.74 Å². The molecule has 2 heterocycles. The molecule has 1 unspecified atom stereocenters. The van der Waals surface area contributed by atoms with Crippen molar-refractivity contribution in [3.63, 3.8) is 0 Å². The lowest BCUT2D eigenvalue weighted by atomic mass is 9.94. The SMILES string of the molecule is COc1ccc(-n2nnnc2C(F)(F)F)cc1CN1CCCCC1c1ccc(C)cc1. The third-order valence-corrected chi connectivity index (χ3v) is 5.68. The summed E-state index contributed by atoms with van der Waals surface area (Å²) in [5, 5.41) is 9.91. The number of piperidine rings is 1. The number of likely N-dealkylation sites (tertiary alicyclic amines) is 1. The summed E-state index contributed by atoms with van der Waals surface area (Å²) in [6, 6.07) is 13.6. The monoisotopic (exact) mass is 431 g/mol. The van der Waals surface area contributed by atoms with E-state index in [1.807, 2.05) is 0 Å². The molecule has 0 amide bonds. The lowest BCUT2D eigenvalue weighted by Gasteiger charge is -2.36. The molecule has 0 radical (unpaired) electrons. The minimum atomic E-state index is -4.65. The average Bonchev–Trinajstić information content (AvgIpc) is 3.25. The zero-order chi connectivity index (χ0) is 22.0. The van der Waals surface area contributed by atoms with E-state index in [2.05, 4.69) is 51.6 Å². The summed E-state index contributed by atoms with van der Waals surface area (Å²) in [5.74, 6) is -0.530. The maximum Gasteiger partial charge on any atom is 0.453 e. The number of aryl methyl sites for hydroxylation is 1. The van der Waals surface area contributed by atoms with Gasteiger partial charge in [0.05, 0.1) is 12.8 Å². The van der Waals surface area contributed by atoms with Crippen LogP contribution in [-0.4, -0.2) is 38.8 Å². The minimum absolute atomic E-state index is 0.247. The first-order valence-corrected chi connectivity index (χ1v) is 10.2. The van der Waals surface area contributed by atoms with E-state index in [1.165, 1.54) is 17.2 Å². The average molecular weight is 431 g/mol. The van der Waals surface area contributed by atoms with Crippen LogP contribution in [0.1, 0.15) is 47.8 Å². The van der Waals surface area contributed by atoms with E-state index in [1.54, 1.807) is 19.2 Å². The Labute approximate surface area is 178 Å². The van der Waals surface area contributed by atoms with E-state index in [4.69, 9.17) is 4.74 Å². The second-order valence-electron chi connectivity index (χ2n) is 7.80. The first-order chi connectivity index (χ1) is 14.9. The van der Waals surface area contributed by atoms with Crippen molar-refractivity contribution in [2.75, 3.05) is 13.7 Å². The van der Waals surface area contributed by atoms with Crippen LogP contribution in [0.2, 0.25) is 0 Å². The Morgan fingerprint density at radius 3 is 2.58 bits per heavy atom. The van der Waals surface area contributed by atoms with Gasteiger partial charge in [0.25, 0.3) is 5.82 Å². The zero-order valence-corrected chi connectivity index (χ0v) is 17.4. The number of benzene rings is 2. The molecule has 0 aliphatic carbocycles. The van der Waals surface area contributed by atoms with E-state index in [0.717, 1.165) is 36.1 Å². The fourth-order valence-corrected chi connectivity index (χ4v) is 4.12. The Morgan fingerprint density at radius 2 is 1.87 bits per heavy atom. The van der Waals surface area contributed by atoms with Crippen molar-refractivity contribution >= 4 is 0 Å². The van der Waals surface area contributed by atoms with Crippen LogP contribution in [0.3, 0.4) is 0 Å². The van der Waals surface area contributed by atoms with E-state index in [0.29, 0.717) is 12.3 Å². The molecule has 1 aromatic heterocycles. The van der Waals surface area contributed by atoms with Crippen molar-refractivity contribution in [1.82, 2.24) is 25.1 Å². The Bertz CT molecular complexity index is 1030. The summed E-state index contributed by atoms with van der Waals surface area (Å²) in [6.45, 7) is 3.52. The molecule has 4 rings (SSSR count). The normalized spacial score (nSPS) is 17.6. The number of tetrazole rings is 1. The molecule has 1 aliphatic heterocycles. The summed E-state index contributed by atoms with van der Waals surface area (Å²) in [4.78, 5) is 2.36. The van der Waals surface area contributed by atoms with E-state index in [9.17, 15) is 13.2 Å². The lowest BCUT2D eigenvalue weighted by Crippen LogP contribution is -2.33. The van der Waals surface area contributed by atoms with Gasteiger partial charge >= 0.3 is 6.18 Å². The number of hydrogen-bond donors (Lipinski definition) is 0. The Kier molecular flexibility index (Phi) is 5.95. The summed E-state index contributed by atoms with van der Waals surface area (Å²) in [7, 11) is 1.56. The number of ether oxygens (including phenoxy) is 1. The first kappa shape index (κ1) is 21.3. The van der Waals surface area contributed by atoms with Crippen LogP contribution in [0.4, 0.5) is 13.2 Å². The number of aromatic nitrogens is 4.